The standard InChI is InChI=1S/C18H28N2O4S.C2HF3O2/c1-3-25(21,22)19-10-16-8-9-18(24-12-16)13-20(14-18)11-15-4-6-17(23-2)7-5-15;3-2(4,5)1(6)7/h4-7,16,19H,3,8-14H2,1-2H3;(H,6,7). The third-order valence-electron chi connectivity index (χ3n) is 5.44. The monoisotopic (exact) mass is 482 g/mol. The smallest absolute Gasteiger partial charge is 0.490 e. The van der Waals surface area contributed by atoms with Gasteiger partial charge in [0.05, 0.1) is 25.1 Å². The van der Waals surface area contributed by atoms with E-state index in [2.05, 4.69) is 21.8 Å². The summed E-state index contributed by atoms with van der Waals surface area (Å²) in [5.41, 5.74) is 1.25. The second kappa shape index (κ2) is 10.8. The molecule has 0 aliphatic carbocycles. The highest BCUT2D eigenvalue weighted by molar-refractivity contribution is 7.89. The van der Waals surface area contributed by atoms with Crippen LogP contribution in [-0.2, 0) is 26.1 Å². The van der Waals surface area contributed by atoms with E-state index in [1.165, 1.54) is 5.56 Å². The van der Waals surface area contributed by atoms with Crippen LogP contribution in [0.3, 0.4) is 0 Å². The van der Waals surface area contributed by atoms with Crippen LogP contribution >= 0.6 is 0 Å². The van der Waals surface area contributed by atoms with Gasteiger partial charge in [-0.3, -0.25) is 4.90 Å². The average molecular weight is 483 g/mol. The van der Waals surface area contributed by atoms with Gasteiger partial charge in [-0.2, -0.15) is 13.2 Å². The zero-order chi connectivity index (χ0) is 24.0. The van der Waals surface area contributed by atoms with Crippen molar-refractivity contribution < 1.29 is 41.0 Å². The molecule has 2 aliphatic heterocycles. The summed E-state index contributed by atoms with van der Waals surface area (Å²) in [5.74, 6) is -1.47. The third kappa shape index (κ3) is 7.91. The highest BCUT2D eigenvalue weighted by Crippen LogP contribution is 2.36. The number of carbonyl (C=O) groups is 1. The topological polar surface area (TPSA) is 105 Å². The quantitative estimate of drug-likeness (QED) is 0.614. The van der Waals surface area contributed by atoms with Crippen LogP contribution in [0.4, 0.5) is 13.2 Å². The van der Waals surface area contributed by atoms with E-state index in [1.54, 1.807) is 14.0 Å². The predicted molar refractivity (Wildman–Crippen MR) is 111 cm³/mol. The molecule has 12 heteroatoms. The molecule has 2 aliphatic rings. The lowest BCUT2D eigenvalue weighted by molar-refractivity contribution is -0.192. The van der Waals surface area contributed by atoms with Gasteiger partial charge in [0.25, 0.3) is 0 Å². The normalized spacial score (nSPS) is 20.7. The van der Waals surface area contributed by atoms with Crippen molar-refractivity contribution in [2.75, 3.05) is 39.1 Å². The molecule has 1 spiro atoms. The Labute approximate surface area is 185 Å². The Morgan fingerprint density at radius 2 is 1.91 bits per heavy atom. The van der Waals surface area contributed by atoms with E-state index in [1.807, 2.05) is 12.1 Å². The van der Waals surface area contributed by atoms with Gasteiger partial charge in [0.2, 0.25) is 10.0 Å². The van der Waals surface area contributed by atoms with Crippen LogP contribution in [0, 0.1) is 5.92 Å². The zero-order valence-electron chi connectivity index (χ0n) is 18.0. The van der Waals surface area contributed by atoms with Crippen molar-refractivity contribution in [2.45, 2.75) is 38.1 Å². The van der Waals surface area contributed by atoms with E-state index in [4.69, 9.17) is 19.4 Å². The number of sulfonamides is 1. The number of carboxylic acid groups (broad SMARTS) is 1. The van der Waals surface area contributed by atoms with Crippen molar-refractivity contribution in [3.8, 4) is 5.75 Å². The molecule has 0 bridgehead atoms. The Bertz CT molecular complexity index is 845. The largest absolute Gasteiger partial charge is 0.497 e. The van der Waals surface area contributed by atoms with Gasteiger partial charge in [-0.1, -0.05) is 12.1 Å². The van der Waals surface area contributed by atoms with Gasteiger partial charge in [-0.15, -0.1) is 0 Å². The zero-order valence-corrected chi connectivity index (χ0v) is 18.8. The summed E-state index contributed by atoms with van der Waals surface area (Å²) in [4.78, 5) is 11.3. The number of ether oxygens (including phenoxy) is 2. The van der Waals surface area contributed by atoms with Crippen molar-refractivity contribution in [1.82, 2.24) is 9.62 Å². The first kappa shape index (κ1) is 26.4. The molecule has 2 N–H and O–H groups in total. The minimum atomic E-state index is -5.08. The first-order chi connectivity index (χ1) is 14.9. The Morgan fingerprint density at radius 1 is 1.31 bits per heavy atom. The summed E-state index contributed by atoms with van der Waals surface area (Å²) in [7, 11) is -1.43. The van der Waals surface area contributed by atoms with Gasteiger partial charge in [-0.05, 0) is 43.4 Å². The van der Waals surface area contributed by atoms with Crippen LogP contribution in [0.2, 0.25) is 0 Å². The van der Waals surface area contributed by atoms with Crippen molar-refractivity contribution in [1.29, 1.82) is 0 Å². The van der Waals surface area contributed by atoms with Gasteiger partial charge in [0, 0.05) is 26.2 Å². The number of methoxy groups -OCH3 is 1. The predicted octanol–water partition coefficient (Wildman–Crippen LogP) is 2.25. The number of nitrogens with one attached hydrogen (secondary N) is 1. The van der Waals surface area contributed by atoms with Crippen molar-refractivity contribution in [2.24, 2.45) is 5.92 Å². The summed E-state index contributed by atoms with van der Waals surface area (Å²) in [6.45, 7) is 5.61. The third-order valence-corrected chi connectivity index (χ3v) is 6.80. The fourth-order valence-electron chi connectivity index (χ4n) is 3.54. The number of aliphatic carboxylic acids is 1. The van der Waals surface area contributed by atoms with Gasteiger partial charge >= 0.3 is 12.1 Å². The molecule has 1 unspecified atom stereocenters. The molecule has 3 rings (SSSR count). The maximum atomic E-state index is 11.5. The lowest BCUT2D eigenvalue weighted by Gasteiger charge is -2.53. The fraction of sp³-hybridized carbons (Fsp3) is 0.650. The van der Waals surface area contributed by atoms with E-state index < -0.39 is 22.2 Å². The Balaban J connectivity index is 0.000000451. The molecule has 0 amide bonds. The highest BCUT2D eigenvalue weighted by atomic mass is 32.2. The van der Waals surface area contributed by atoms with Crippen LogP contribution < -0.4 is 9.46 Å². The first-order valence-corrected chi connectivity index (χ1v) is 11.8. The molecule has 1 aromatic carbocycles. The lowest BCUT2D eigenvalue weighted by Crippen LogP contribution is -2.64. The molecule has 0 aromatic heterocycles. The number of rotatable bonds is 7. The van der Waals surface area contributed by atoms with Crippen LogP contribution in [-0.4, -0.2) is 75.3 Å². The number of hydrogen-bond donors (Lipinski definition) is 2. The molecular formula is C20H29F3N2O6S. The van der Waals surface area contributed by atoms with Crippen molar-refractivity contribution in [3.05, 3.63) is 29.8 Å². The second-order valence-corrected chi connectivity index (χ2v) is 10.0. The number of halogens is 3. The van der Waals surface area contributed by atoms with Gasteiger partial charge in [-0.25, -0.2) is 17.9 Å². The van der Waals surface area contributed by atoms with E-state index in [-0.39, 0.29) is 17.3 Å². The highest BCUT2D eigenvalue weighted by Gasteiger charge is 2.46. The molecule has 2 fully saturated rings. The van der Waals surface area contributed by atoms with E-state index in [9.17, 15) is 21.6 Å². The summed E-state index contributed by atoms with van der Waals surface area (Å²) >= 11 is 0. The average Bonchev–Trinajstić information content (AvgIpc) is 2.72. The summed E-state index contributed by atoms with van der Waals surface area (Å²) in [6, 6.07) is 8.18. The fourth-order valence-corrected chi connectivity index (χ4v) is 4.24. The SMILES string of the molecule is CCS(=O)(=O)NCC1CCC2(CN(Cc3ccc(OC)cc3)C2)OC1.O=C(O)C(F)(F)F. The molecule has 32 heavy (non-hydrogen) atoms. The molecule has 8 nitrogen and oxygen atoms in total. The second-order valence-electron chi connectivity index (χ2n) is 7.95. The van der Waals surface area contributed by atoms with Gasteiger partial charge in [0.1, 0.15) is 5.75 Å². The number of likely N-dealkylation sites (tertiary alicyclic amines) is 1. The Kier molecular flexibility index (Phi) is 8.91. The Morgan fingerprint density at radius 3 is 2.34 bits per heavy atom. The minimum absolute atomic E-state index is 0.0212. The van der Waals surface area contributed by atoms with Gasteiger partial charge < -0.3 is 14.6 Å². The molecule has 2 saturated heterocycles. The number of nitrogens with zero attached hydrogens (tertiary/aromatic N) is 1. The number of carboxylic acids is 1. The lowest BCUT2D eigenvalue weighted by atomic mass is 9.83. The Hall–Kier alpha value is -1.89. The summed E-state index contributed by atoms with van der Waals surface area (Å²) < 4.78 is 68.8. The number of hydrogen-bond acceptors (Lipinski definition) is 6. The van der Waals surface area contributed by atoms with Crippen LogP contribution in [0.5, 0.6) is 5.75 Å². The van der Waals surface area contributed by atoms with E-state index >= 15 is 0 Å². The molecule has 1 aromatic rings. The van der Waals surface area contributed by atoms with Crippen molar-refractivity contribution >= 4 is 16.0 Å². The molecule has 2 heterocycles. The molecule has 182 valence electrons. The molecule has 1 atom stereocenters. The number of alkyl halides is 3. The number of benzene rings is 1. The summed E-state index contributed by atoms with van der Waals surface area (Å²) in [5, 5.41) is 7.12. The van der Waals surface area contributed by atoms with E-state index in [0.717, 1.165) is 38.2 Å². The first-order valence-electron chi connectivity index (χ1n) is 10.1. The molecule has 0 radical (unpaired) electrons. The maximum absolute atomic E-state index is 11.5. The van der Waals surface area contributed by atoms with Crippen molar-refractivity contribution in [3.63, 3.8) is 0 Å². The van der Waals surface area contributed by atoms with Gasteiger partial charge in [0.15, 0.2) is 0 Å². The summed E-state index contributed by atoms with van der Waals surface area (Å²) in [6.07, 6.45) is -3.06. The maximum Gasteiger partial charge on any atom is 0.490 e. The molecule has 0 saturated carbocycles. The van der Waals surface area contributed by atoms with Crippen LogP contribution in [0.25, 0.3) is 0 Å². The minimum Gasteiger partial charge on any atom is -0.497 e. The van der Waals surface area contributed by atoms with Crippen LogP contribution in [0.15, 0.2) is 24.3 Å². The molecular weight excluding hydrogens is 453 g/mol. The van der Waals surface area contributed by atoms with Crippen LogP contribution in [0.1, 0.15) is 25.3 Å². The van der Waals surface area contributed by atoms with E-state index in [0.29, 0.717) is 13.2 Å².